The van der Waals surface area contributed by atoms with Crippen molar-refractivity contribution >= 4 is 21.7 Å². The van der Waals surface area contributed by atoms with E-state index in [1.165, 1.54) is 0 Å². The normalized spacial score (nSPS) is 9.94. The number of nitriles is 1. The number of aromatic amines is 1. The van der Waals surface area contributed by atoms with E-state index < -0.39 is 0 Å². The maximum absolute atomic E-state index is 9.16. The van der Waals surface area contributed by atoms with E-state index in [1.54, 1.807) is 0 Å². The fourth-order valence-electron chi connectivity index (χ4n) is 1.75. The lowest BCUT2D eigenvalue weighted by molar-refractivity contribution is -0.370. The average molecular weight is 289 g/mol. The number of aromatic nitrogens is 1. The SMILES string of the molecule is Cc1cc(-c2cccc(Br)c2)c(C#N)c(N)[nH+]1. The van der Waals surface area contributed by atoms with Crippen LogP contribution in [0.2, 0.25) is 0 Å². The molecule has 0 fully saturated rings. The van der Waals surface area contributed by atoms with Gasteiger partial charge in [-0.1, -0.05) is 28.1 Å². The van der Waals surface area contributed by atoms with Gasteiger partial charge in [-0.25, -0.2) is 4.98 Å². The molecule has 0 aliphatic carbocycles. The summed E-state index contributed by atoms with van der Waals surface area (Å²) in [5.74, 6) is 0.405. The molecule has 0 aliphatic rings. The second-order valence-electron chi connectivity index (χ2n) is 3.78. The summed E-state index contributed by atoms with van der Waals surface area (Å²) >= 11 is 3.42. The first kappa shape index (κ1) is 11.6. The molecule has 0 radical (unpaired) electrons. The van der Waals surface area contributed by atoms with E-state index in [-0.39, 0.29) is 0 Å². The van der Waals surface area contributed by atoms with Crippen LogP contribution in [0.4, 0.5) is 5.82 Å². The minimum absolute atomic E-state index is 0.405. The van der Waals surface area contributed by atoms with E-state index in [0.717, 1.165) is 21.3 Å². The smallest absolute Gasteiger partial charge is 0.286 e. The van der Waals surface area contributed by atoms with Crippen molar-refractivity contribution in [3.05, 3.63) is 46.1 Å². The summed E-state index contributed by atoms with van der Waals surface area (Å²) in [6, 6.07) is 11.9. The molecule has 0 atom stereocenters. The van der Waals surface area contributed by atoms with Crippen molar-refractivity contribution in [2.45, 2.75) is 6.92 Å². The second-order valence-corrected chi connectivity index (χ2v) is 4.69. The number of hydrogen-bond acceptors (Lipinski definition) is 2. The van der Waals surface area contributed by atoms with E-state index in [1.807, 2.05) is 37.3 Å². The number of nitrogens with two attached hydrogens (primary N) is 1. The zero-order valence-electron chi connectivity index (χ0n) is 9.29. The lowest BCUT2D eigenvalue weighted by atomic mass is 10.0. The third kappa shape index (κ3) is 2.29. The molecule has 1 heterocycles. The number of rotatable bonds is 1. The summed E-state index contributed by atoms with van der Waals surface area (Å²) < 4.78 is 0.975. The third-order valence-corrected chi connectivity index (χ3v) is 2.97. The molecule has 2 rings (SSSR count). The van der Waals surface area contributed by atoms with Crippen molar-refractivity contribution in [1.29, 1.82) is 5.26 Å². The number of H-pyrrole nitrogens is 1. The number of nitrogen functional groups attached to an aromatic ring is 1. The zero-order valence-corrected chi connectivity index (χ0v) is 10.9. The molecule has 3 N–H and O–H groups in total. The monoisotopic (exact) mass is 288 g/mol. The molecule has 4 heteroatoms. The molecule has 0 saturated carbocycles. The predicted octanol–water partition coefficient (Wildman–Crippen LogP) is 2.69. The van der Waals surface area contributed by atoms with Crippen LogP contribution in [-0.2, 0) is 0 Å². The topological polar surface area (TPSA) is 64.0 Å². The molecule has 3 nitrogen and oxygen atoms in total. The Morgan fingerprint density at radius 2 is 2.12 bits per heavy atom. The lowest BCUT2D eigenvalue weighted by Crippen LogP contribution is -2.16. The molecular weight excluding hydrogens is 278 g/mol. The third-order valence-electron chi connectivity index (χ3n) is 2.48. The minimum Gasteiger partial charge on any atom is -0.286 e. The van der Waals surface area contributed by atoms with E-state index in [9.17, 15) is 0 Å². The second kappa shape index (κ2) is 4.56. The Hall–Kier alpha value is -1.86. The molecule has 1 aromatic heterocycles. The molecule has 0 unspecified atom stereocenters. The first-order valence-electron chi connectivity index (χ1n) is 5.10. The van der Waals surface area contributed by atoms with E-state index in [2.05, 4.69) is 27.0 Å². The van der Waals surface area contributed by atoms with Gasteiger partial charge in [0.2, 0.25) is 0 Å². The van der Waals surface area contributed by atoms with Crippen LogP contribution >= 0.6 is 15.9 Å². The first-order valence-corrected chi connectivity index (χ1v) is 5.89. The van der Waals surface area contributed by atoms with Crippen LogP contribution in [0.15, 0.2) is 34.8 Å². The van der Waals surface area contributed by atoms with Crippen molar-refractivity contribution in [3.8, 4) is 17.2 Å². The van der Waals surface area contributed by atoms with E-state index in [4.69, 9.17) is 11.0 Å². The summed E-state index contributed by atoms with van der Waals surface area (Å²) in [7, 11) is 0. The summed E-state index contributed by atoms with van der Waals surface area (Å²) in [6.07, 6.45) is 0. The number of halogens is 1. The number of nitrogens with zero attached hydrogens (tertiary/aromatic N) is 1. The molecule has 0 amide bonds. The maximum Gasteiger partial charge on any atom is 0.289 e. The van der Waals surface area contributed by atoms with Crippen LogP contribution in [0.1, 0.15) is 11.3 Å². The van der Waals surface area contributed by atoms with Gasteiger partial charge in [0.1, 0.15) is 11.6 Å². The van der Waals surface area contributed by atoms with Gasteiger partial charge in [-0.15, -0.1) is 0 Å². The van der Waals surface area contributed by atoms with Crippen LogP contribution in [-0.4, -0.2) is 0 Å². The Balaban J connectivity index is 2.71. The van der Waals surface area contributed by atoms with Crippen LogP contribution in [0.3, 0.4) is 0 Å². The Morgan fingerprint density at radius 1 is 1.35 bits per heavy atom. The molecule has 0 bridgehead atoms. The van der Waals surface area contributed by atoms with Crippen LogP contribution in [0.25, 0.3) is 11.1 Å². The van der Waals surface area contributed by atoms with Crippen molar-refractivity contribution in [1.82, 2.24) is 0 Å². The number of anilines is 1. The molecule has 0 aliphatic heterocycles. The summed E-state index contributed by atoms with van der Waals surface area (Å²) in [5, 5.41) is 9.16. The quantitative estimate of drug-likeness (QED) is 0.877. The van der Waals surface area contributed by atoms with Gasteiger partial charge in [-0.05, 0) is 30.7 Å². The van der Waals surface area contributed by atoms with Gasteiger partial charge in [0.15, 0.2) is 0 Å². The standard InChI is InChI=1S/C13H10BrN3/c1-8-5-11(12(7-15)13(16)17-8)9-3-2-4-10(14)6-9/h2-6H,1H3,(H2,16,17)/p+1. The van der Waals surface area contributed by atoms with Gasteiger partial charge in [0, 0.05) is 10.0 Å². The molecule has 0 saturated heterocycles. The highest BCUT2D eigenvalue weighted by Gasteiger charge is 2.14. The fourth-order valence-corrected chi connectivity index (χ4v) is 2.15. The van der Waals surface area contributed by atoms with Crippen molar-refractivity contribution in [3.63, 3.8) is 0 Å². The summed E-state index contributed by atoms with van der Waals surface area (Å²) in [5.41, 5.74) is 9.05. The van der Waals surface area contributed by atoms with Crippen LogP contribution in [0, 0.1) is 18.3 Å². The first-order chi connectivity index (χ1) is 8.11. The van der Waals surface area contributed by atoms with Crippen molar-refractivity contribution in [2.24, 2.45) is 0 Å². The van der Waals surface area contributed by atoms with Gasteiger partial charge in [-0.2, -0.15) is 5.26 Å². The Morgan fingerprint density at radius 3 is 2.76 bits per heavy atom. The van der Waals surface area contributed by atoms with Crippen molar-refractivity contribution in [2.75, 3.05) is 5.73 Å². The molecule has 0 spiro atoms. The van der Waals surface area contributed by atoms with Crippen LogP contribution < -0.4 is 10.7 Å². The van der Waals surface area contributed by atoms with Gasteiger partial charge in [0.25, 0.3) is 5.82 Å². The maximum atomic E-state index is 9.16. The molecule has 84 valence electrons. The van der Waals surface area contributed by atoms with Gasteiger partial charge < -0.3 is 0 Å². The minimum atomic E-state index is 0.405. The highest BCUT2D eigenvalue weighted by Crippen LogP contribution is 2.27. The number of hydrogen-bond donors (Lipinski definition) is 1. The number of benzene rings is 1. The number of pyridine rings is 1. The Labute approximate surface area is 108 Å². The fraction of sp³-hybridized carbons (Fsp3) is 0.0769. The van der Waals surface area contributed by atoms with Crippen molar-refractivity contribution < 1.29 is 4.98 Å². The van der Waals surface area contributed by atoms with Gasteiger partial charge in [-0.3, -0.25) is 5.73 Å². The molecule has 17 heavy (non-hydrogen) atoms. The number of aryl methyl sites for hydroxylation is 1. The molecule has 2 aromatic rings. The van der Waals surface area contributed by atoms with Gasteiger partial charge in [0.05, 0.1) is 5.69 Å². The highest BCUT2D eigenvalue weighted by molar-refractivity contribution is 9.10. The Kier molecular flexibility index (Phi) is 3.12. The molecular formula is C13H11BrN3+. The number of nitrogens with one attached hydrogen (secondary N) is 1. The van der Waals surface area contributed by atoms with Gasteiger partial charge >= 0.3 is 0 Å². The van der Waals surface area contributed by atoms with E-state index in [0.29, 0.717) is 11.4 Å². The van der Waals surface area contributed by atoms with Crippen LogP contribution in [0.5, 0.6) is 0 Å². The largest absolute Gasteiger partial charge is 0.289 e. The Bertz CT molecular complexity index is 615. The zero-order chi connectivity index (χ0) is 12.4. The lowest BCUT2D eigenvalue weighted by Gasteiger charge is -2.05. The predicted molar refractivity (Wildman–Crippen MR) is 70.0 cm³/mol. The highest BCUT2D eigenvalue weighted by atomic mass is 79.9. The summed E-state index contributed by atoms with van der Waals surface area (Å²) in [4.78, 5) is 2.96. The molecule has 1 aromatic carbocycles. The van der Waals surface area contributed by atoms with E-state index >= 15 is 0 Å². The average Bonchev–Trinajstić information content (AvgIpc) is 2.28. The summed E-state index contributed by atoms with van der Waals surface area (Å²) in [6.45, 7) is 1.92.